The number of fused-ring (bicyclic) bond motifs is 1. The Bertz CT molecular complexity index is 1280. The summed E-state index contributed by atoms with van der Waals surface area (Å²) >= 11 is 1.71. The zero-order valence-electron chi connectivity index (χ0n) is 23.8. The molecule has 10 nitrogen and oxygen atoms in total. The predicted molar refractivity (Wildman–Crippen MR) is 161 cm³/mol. The average Bonchev–Trinajstić information content (AvgIpc) is 3.66. The number of nitrogens with one attached hydrogen (secondary N) is 3. The van der Waals surface area contributed by atoms with Gasteiger partial charge < -0.3 is 20.9 Å². The highest BCUT2D eigenvalue weighted by molar-refractivity contribution is 7.22. The maximum absolute atomic E-state index is 12.1. The van der Waals surface area contributed by atoms with Gasteiger partial charge in [0, 0.05) is 51.2 Å². The molecule has 1 saturated carbocycles. The van der Waals surface area contributed by atoms with Gasteiger partial charge in [0.2, 0.25) is 6.41 Å². The SMILES string of the molecule is CCNC=O.CNc1nc2ccc(N3CC[C@H](NC)C3)cc2s1.Cc1c(C=O)c(=O)n(C2CCCCC2)n1C. The van der Waals surface area contributed by atoms with Crippen LogP contribution in [0.1, 0.15) is 67.5 Å². The molecule has 1 aromatic carbocycles. The molecule has 3 aromatic rings. The van der Waals surface area contributed by atoms with Gasteiger partial charge in [0.05, 0.1) is 16.3 Å². The van der Waals surface area contributed by atoms with Crippen molar-refractivity contribution >= 4 is 45.1 Å². The Kier molecular flexibility index (Phi) is 11.5. The molecular weight excluding hydrogens is 514 g/mol. The number of nitrogens with zero attached hydrogens (tertiary/aromatic N) is 4. The van der Waals surface area contributed by atoms with Crippen molar-refractivity contribution in [3.05, 3.63) is 39.8 Å². The lowest BCUT2D eigenvalue weighted by Crippen LogP contribution is -2.29. The van der Waals surface area contributed by atoms with E-state index in [0.717, 1.165) is 48.8 Å². The van der Waals surface area contributed by atoms with Crippen LogP contribution < -0.4 is 26.4 Å². The molecule has 39 heavy (non-hydrogen) atoms. The second-order valence-electron chi connectivity index (χ2n) is 9.90. The molecule has 1 aliphatic heterocycles. The molecule has 1 saturated heterocycles. The third-order valence-electron chi connectivity index (χ3n) is 7.51. The number of likely N-dealkylation sites (N-methyl/N-ethyl adjacent to an activating group) is 1. The summed E-state index contributed by atoms with van der Waals surface area (Å²) in [4.78, 5) is 39.2. The topological polar surface area (TPSA) is 113 Å². The first-order chi connectivity index (χ1) is 18.9. The first kappa shape index (κ1) is 30.4. The monoisotopic (exact) mass is 557 g/mol. The van der Waals surface area contributed by atoms with Crippen LogP contribution in [0.2, 0.25) is 0 Å². The fourth-order valence-corrected chi connectivity index (χ4v) is 6.01. The molecule has 2 aromatic heterocycles. The lowest BCUT2D eigenvalue weighted by atomic mass is 9.96. The Morgan fingerprint density at radius 3 is 2.41 bits per heavy atom. The largest absolute Gasteiger partial charge is 0.370 e. The highest BCUT2D eigenvalue weighted by Crippen LogP contribution is 2.31. The zero-order valence-corrected chi connectivity index (χ0v) is 24.6. The maximum atomic E-state index is 12.1. The van der Waals surface area contributed by atoms with Crippen molar-refractivity contribution in [2.75, 3.05) is 43.9 Å². The molecule has 2 aliphatic rings. The maximum Gasteiger partial charge on any atom is 0.277 e. The third-order valence-corrected chi connectivity index (χ3v) is 8.55. The van der Waals surface area contributed by atoms with Crippen molar-refractivity contribution in [3.8, 4) is 0 Å². The molecule has 0 spiro atoms. The van der Waals surface area contributed by atoms with Crippen LogP contribution in [0.15, 0.2) is 23.0 Å². The Balaban J connectivity index is 0.000000185. The van der Waals surface area contributed by atoms with Crippen LogP contribution in [0, 0.1) is 6.92 Å². The molecule has 11 heteroatoms. The molecule has 0 radical (unpaired) electrons. The average molecular weight is 558 g/mol. The van der Waals surface area contributed by atoms with Crippen molar-refractivity contribution in [1.29, 1.82) is 0 Å². The van der Waals surface area contributed by atoms with Crippen LogP contribution in [0.25, 0.3) is 10.2 Å². The van der Waals surface area contributed by atoms with E-state index in [-0.39, 0.29) is 11.6 Å². The molecule has 0 unspecified atom stereocenters. The summed E-state index contributed by atoms with van der Waals surface area (Å²) in [6, 6.07) is 7.45. The summed E-state index contributed by atoms with van der Waals surface area (Å²) in [5, 5.41) is 9.87. The molecule has 1 atom stereocenters. The van der Waals surface area contributed by atoms with Gasteiger partial charge in [0.25, 0.3) is 5.56 Å². The van der Waals surface area contributed by atoms with Gasteiger partial charge in [0.1, 0.15) is 5.56 Å². The van der Waals surface area contributed by atoms with E-state index < -0.39 is 0 Å². The van der Waals surface area contributed by atoms with Gasteiger partial charge in [-0.1, -0.05) is 30.6 Å². The van der Waals surface area contributed by atoms with E-state index in [2.05, 4.69) is 44.0 Å². The van der Waals surface area contributed by atoms with Crippen LogP contribution in [-0.2, 0) is 11.8 Å². The Labute approximate surface area is 234 Å². The van der Waals surface area contributed by atoms with Gasteiger partial charge in [-0.05, 0) is 58.4 Å². The first-order valence-corrected chi connectivity index (χ1v) is 14.6. The van der Waals surface area contributed by atoms with Crippen LogP contribution in [0.3, 0.4) is 0 Å². The number of anilines is 2. The Morgan fingerprint density at radius 1 is 1.13 bits per heavy atom. The summed E-state index contributed by atoms with van der Waals surface area (Å²) in [5.74, 6) is 0. The molecule has 3 N–H and O–H groups in total. The second-order valence-corrected chi connectivity index (χ2v) is 10.9. The molecule has 0 bridgehead atoms. The van der Waals surface area contributed by atoms with Crippen molar-refractivity contribution in [2.45, 2.75) is 64.5 Å². The van der Waals surface area contributed by atoms with Gasteiger partial charge >= 0.3 is 0 Å². The van der Waals surface area contributed by atoms with E-state index in [1.54, 1.807) is 16.0 Å². The van der Waals surface area contributed by atoms with E-state index >= 15 is 0 Å². The lowest BCUT2D eigenvalue weighted by molar-refractivity contribution is -0.109. The number of rotatable bonds is 7. The summed E-state index contributed by atoms with van der Waals surface area (Å²) in [6.45, 7) is 6.65. The minimum atomic E-state index is -0.123. The van der Waals surface area contributed by atoms with E-state index in [0.29, 0.717) is 24.3 Å². The fraction of sp³-hybridized carbons (Fsp3) is 0.571. The van der Waals surface area contributed by atoms with Crippen LogP contribution in [0.4, 0.5) is 10.8 Å². The highest BCUT2D eigenvalue weighted by atomic mass is 32.1. The number of hydrogen-bond acceptors (Lipinski definition) is 8. The lowest BCUT2D eigenvalue weighted by Gasteiger charge is -2.24. The van der Waals surface area contributed by atoms with Gasteiger partial charge in [-0.25, -0.2) is 9.67 Å². The van der Waals surface area contributed by atoms with Gasteiger partial charge in [0.15, 0.2) is 11.4 Å². The van der Waals surface area contributed by atoms with Gasteiger partial charge in [-0.3, -0.25) is 19.1 Å². The standard InChI is InChI=1S/C13H18N4S.C12H18N2O2.C3H7NO/c1-14-9-5-6-17(8-9)10-3-4-11-12(7-10)18-13(15-2)16-11;1-9-11(8-15)12(16)14(13(9)2)10-6-4-3-5-7-10;1-2-4-3-5/h3-4,7,9,14H,5-6,8H2,1-2H3,(H,15,16);8,10H,3-7H2,1-2H3;3H,2H2,1H3,(H,4,5)/t9-;;/m0../s1. The third kappa shape index (κ3) is 7.48. The van der Waals surface area contributed by atoms with Crippen LogP contribution >= 0.6 is 11.3 Å². The summed E-state index contributed by atoms with van der Waals surface area (Å²) in [7, 11) is 5.81. The van der Waals surface area contributed by atoms with E-state index in [4.69, 9.17) is 0 Å². The molecule has 214 valence electrons. The first-order valence-electron chi connectivity index (χ1n) is 13.8. The fourth-order valence-electron chi connectivity index (χ4n) is 5.15. The molecule has 5 rings (SSSR count). The normalized spacial score (nSPS) is 17.2. The van der Waals surface area contributed by atoms with Gasteiger partial charge in [-0.2, -0.15) is 0 Å². The van der Waals surface area contributed by atoms with Gasteiger partial charge in [-0.15, -0.1) is 0 Å². The van der Waals surface area contributed by atoms with Crippen molar-refractivity contribution in [2.24, 2.45) is 7.05 Å². The summed E-state index contributed by atoms with van der Waals surface area (Å²) in [6.07, 6.45) is 8.30. The summed E-state index contributed by atoms with van der Waals surface area (Å²) in [5.41, 5.74) is 3.35. The number of carbonyl (C=O) groups is 2. The Morgan fingerprint density at radius 2 is 1.87 bits per heavy atom. The minimum Gasteiger partial charge on any atom is -0.370 e. The smallest absolute Gasteiger partial charge is 0.277 e. The van der Waals surface area contributed by atoms with Crippen LogP contribution in [-0.4, -0.2) is 66.8 Å². The Hall–Kier alpha value is -3.18. The van der Waals surface area contributed by atoms with Crippen molar-refractivity contribution in [3.63, 3.8) is 0 Å². The molecule has 2 fully saturated rings. The predicted octanol–water partition coefficient (Wildman–Crippen LogP) is 3.70. The van der Waals surface area contributed by atoms with Crippen molar-refractivity contribution in [1.82, 2.24) is 25.0 Å². The number of aromatic nitrogens is 3. The quantitative estimate of drug-likeness (QED) is 0.380. The number of amides is 1. The zero-order chi connectivity index (χ0) is 28.4. The van der Waals surface area contributed by atoms with E-state index in [1.165, 1.54) is 36.1 Å². The van der Waals surface area contributed by atoms with Crippen LogP contribution in [0.5, 0.6) is 0 Å². The number of thiazole rings is 1. The molecule has 1 aliphatic carbocycles. The summed E-state index contributed by atoms with van der Waals surface area (Å²) < 4.78 is 4.85. The molecule has 3 heterocycles. The van der Waals surface area contributed by atoms with Crippen molar-refractivity contribution < 1.29 is 9.59 Å². The molecular formula is C28H43N7O3S. The minimum absolute atomic E-state index is 0.123. The number of hydrogen-bond donors (Lipinski definition) is 3. The number of benzene rings is 1. The second kappa shape index (κ2) is 14.8. The van der Waals surface area contributed by atoms with E-state index in [9.17, 15) is 14.4 Å². The van der Waals surface area contributed by atoms with E-state index in [1.807, 2.05) is 39.7 Å². The molecule has 1 amide bonds. The highest BCUT2D eigenvalue weighted by Gasteiger charge is 2.23. The number of carbonyl (C=O) groups excluding carboxylic acids is 2. The number of aldehydes is 1.